The standard InChI is InChI=1S/C15H20N2O2/c1-4-17-8-7-12(11-17)10-16-13-5-6-14(18-2)15(9-13)19-3/h5-9,11,16H,4,10H2,1-3H3. The molecular weight excluding hydrogens is 240 g/mol. The average molecular weight is 260 g/mol. The molecular formula is C15H20N2O2. The maximum absolute atomic E-state index is 5.28. The number of nitrogens with one attached hydrogen (secondary N) is 1. The van der Waals surface area contributed by atoms with Crippen LogP contribution in [0.1, 0.15) is 12.5 Å². The number of methoxy groups -OCH3 is 2. The van der Waals surface area contributed by atoms with Crippen molar-refractivity contribution >= 4 is 5.69 Å². The molecule has 0 aliphatic carbocycles. The molecule has 1 N–H and O–H groups in total. The number of hydrogen-bond donors (Lipinski definition) is 1. The van der Waals surface area contributed by atoms with Gasteiger partial charge in [0.05, 0.1) is 14.2 Å². The molecule has 0 unspecified atom stereocenters. The van der Waals surface area contributed by atoms with Gasteiger partial charge in [-0.2, -0.15) is 0 Å². The Balaban J connectivity index is 2.03. The summed E-state index contributed by atoms with van der Waals surface area (Å²) in [6.45, 7) is 3.92. The highest BCUT2D eigenvalue weighted by Crippen LogP contribution is 2.29. The van der Waals surface area contributed by atoms with E-state index in [9.17, 15) is 0 Å². The summed E-state index contributed by atoms with van der Waals surface area (Å²) in [5.41, 5.74) is 2.28. The van der Waals surface area contributed by atoms with Crippen molar-refractivity contribution in [1.29, 1.82) is 0 Å². The number of ether oxygens (including phenoxy) is 2. The van der Waals surface area contributed by atoms with Crippen molar-refractivity contribution in [3.63, 3.8) is 0 Å². The van der Waals surface area contributed by atoms with E-state index in [0.717, 1.165) is 30.3 Å². The van der Waals surface area contributed by atoms with Crippen LogP contribution in [0.5, 0.6) is 11.5 Å². The van der Waals surface area contributed by atoms with Gasteiger partial charge in [-0.3, -0.25) is 0 Å². The zero-order chi connectivity index (χ0) is 13.7. The predicted molar refractivity (Wildman–Crippen MR) is 77.0 cm³/mol. The van der Waals surface area contributed by atoms with Crippen LogP contribution >= 0.6 is 0 Å². The lowest BCUT2D eigenvalue weighted by molar-refractivity contribution is 0.355. The van der Waals surface area contributed by atoms with Gasteiger partial charge in [0, 0.05) is 37.2 Å². The van der Waals surface area contributed by atoms with Crippen LogP contribution in [0.4, 0.5) is 5.69 Å². The maximum atomic E-state index is 5.28. The number of nitrogens with zero attached hydrogens (tertiary/aromatic N) is 1. The van der Waals surface area contributed by atoms with E-state index >= 15 is 0 Å². The fraction of sp³-hybridized carbons (Fsp3) is 0.333. The topological polar surface area (TPSA) is 35.4 Å². The minimum Gasteiger partial charge on any atom is -0.493 e. The summed E-state index contributed by atoms with van der Waals surface area (Å²) < 4.78 is 12.7. The summed E-state index contributed by atoms with van der Waals surface area (Å²) in [6.07, 6.45) is 4.24. The van der Waals surface area contributed by atoms with Crippen molar-refractivity contribution in [3.8, 4) is 11.5 Å². The molecule has 0 saturated carbocycles. The summed E-state index contributed by atoms with van der Waals surface area (Å²) in [4.78, 5) is 0. The molecule has 2 aromatic rings. The molecule has 2 rings (SSSR count). The molecule has 1 heterocycles. The molecule has 0 spiro atoms. The molecule has 0 amide bonds. The largest absolute Gasteiger partial charge is 0.493 e. The fourth-order valence-electron chi connectivity index (χ4n) is 1.94. The smallest absolute Gasteiger partial charge is 0.162 e. The molecule has 102 valence electrons. The lowest BCUT2D eigenvalue weighted by Gasteiger charge is -2.10. The molecule has 0 atom stereocenters. The Morgan fingerprint density at radius 3 is 2.53 bits per heavy atom. The van der Waals surface area contributed by atoms with Gasteiger partial charge < -0.3 is 19.4 Å². The predicted octanol–water partition coefficient (Wildman–Crippen LogP) is 3.14. The molecule has 0 aliphatic heterocycles. The molecule has 0 aliphatic rings. The van der Waals surface area contributed by atoms with Crippen LogP contribution in [0.3, 0.4) is 0 Å². The number of hydrogen-bond acceptors (Lipinski definition) is 3. The summed E-state index contributed by atoms with van der Waals surface area (Å²) in [6, 6.07) is 7.95. The summed E-state index contributed by atoms with van der Waals surface area (Å²) in [7, 11) is 3.28. The van der Waals surface area contributed by atoms with Gasteiger partial charge in [-0.05, 0) is 30.7 Å². The lowest BCUT2D eigenvalue weighted by atomic mass is 10.2. The van der Waals surface area contributed by atoms with E-state index < -0.39 is 0 Å². The Labute approximate surface area is 114 Å². The van der Waals surface area contributed by atoms with E-state index in [1.54, 1.807) is 14.2 Å². The van der Waals surface area contributed by atoms with E-state index in [-0.39, 0.29) is 0 Å². The number of aromatic nitrogens is 1. The molecule has 19 heavy (non-hydrogen) atoms. The molecule has 1 aromatic carbocycles. The Morgan fingerprint density at radius 2 is 1.89 bits per heavy atom. The summed E-state index contributed by atoms with van der Waals surface area (Å²) in [5, 5.41) is 3.38. The maximum Gasteiger partial charge on any atom is 0.162 e. The first-order chi connectivity index (χ1) is 9.26. The quantitative estimate of drug-likeness (QED) is 0.866. The zero-order valence-corrected chi connectivity index (χ0v) is 11.6. The normalized spacial score (nSPS) is 10.3. The Hall–Kier alpha value is -2.10. The van der Waals surface area contributed by atoms with E-state index in [4.69, 9.17) is 9.47 Å². The first kappa shape index (κ1) is 13.3. The van der Waals surface area contributed by atoms with Gasteiger partial charge in [-0.15, -0.1) is 0 Å². The Kier molecular flexibility index (Phi) is 4.34. The minimum atomic E-state index is 0.735. The summed E-state index contributed by atoms with van der Waals surface area (Å²) in [5.74, 6) is 1.48. The molecule has 1 aromatic heterocycles. The number of rotatable bonds is 6. The van der Waals surface area contributed by atoms with Gasteiger partial charge in [0.2, 0.25) is 0 Å². The second kappa shape index (κ2) is 6.18. The van der Waals surface area contributed by atoms with Crippen LogP contribution in [0.15, 0.2) is 36.7 Å². The van der Waals surface area contributed by atoms with Crippen LogP contribution in [0.2, 0.25) is 0 Å². The van der Waals surface area contributed by atoms with Gasteiger partial charge in [-0.1, -0.05) is 0 Å². The molecule has 4 heteroatoms. The van der Waals surface area contributed by atoms with Crippen molar-refractivity contribution in [1.82, 2.24) is 4.57 Å². The second-order valence-corrected chi connectivity index (χ2v) is 4.27. The van der Waals surface area contributed by atoms with Gasteiger partial charge >= 0.3 is 0 Å². The highest BCUT2D eigenvalue weighted by Gasteiger charge is 2.04. The Bertz CT molecular complexity index is 535. The van der Waals surface area contributed by atoms with Gasteiger partial charge in [0.15, 0.2) is 11.5 Å². The van der Waals surface area contributed by atoms with Crippen molar-refractivity contribution in [3.05, 3.63) is 42.2 Å². The van der Waals surface area contributed by atoms with Crippen LogP contribution in [-0.4, -0.2) is 18.8 Å². The van der Waals surface area contributed by atoms with Crippen molar-refractivity contribution in [2.24, 2.45) is 0 Å². The monoisotopic (exact) mass is 260 g/mol. The molecule has 0 fully saturated rings. The second-order valence-electron chi connectivity index (χ2n) is 4.27. The number of anilines is 1. The number of benzene rings is 1. The zero-order valence-electron chi connectivity index (χ0n) is 11.6. The van der Waals surface area contributed by atoms with E-state index in [0.29, 0.717) is 0 Å². The highest BCUT2D eigenvalue weighted by atomic mass is 16.5. The van der Waals surface area contributed by atoms with Gasteiger partial charge in [0.25, 0.3) is 0 Å². The van der Waals surface area contributed by atoms with Crippen molar-refractivity contribution in [2.45, 2.75) is 20.0 Å². The third-order valence-corrected chi connectivity index (χ3v) is 3.06. The SMILES string of the molecule is CCn1ccc(CNc2ccc(OC)c(OC)c2)c1. The molecule has 0 radical (unpaired) electrons. The Morgan fingerprint density at radius 1 is 1.11 bits per heavy atom. The van der Waals surface area contributed by atoms with Gasteiger partial charge in [-0.25, -0.2) is 0 Å². The van der Waals surface area contributed by atoms with Gasteiger partial charge in [0.1, 0.15) is 0 Å². The lowest BCUT2D eigenvalue weighted by Crippen LogP contribution is -1.99. The van der Waals surface area contributed by atoms with Crippen LogP contribution in [0, 0.1) is 0 Å². The van der Waals surface area contributed by atoms with E-state index in [2.05, 4.69) is 35.3 Å². The fourth-order valence-corrected chi connectivity index (χ4v) is 1.94. The minimum absolute atomic E-state index is 0.735. The first-order valence-electron chi connectivity index (χ1n) is 6.37. The molecule has 0 bridgehead atoms. The van der Waals surface area contributed by atoms with Crippen LogP contribution in [-0.2, 0) is 13.1 Å². The molecule has 4 nitrogen and oxygen atoms in total. The summed E-state index contributed by atoms with van der Waals surface area (Å²) >= 11 is 0. The van der Waals surface area contributed by atoms with E-state index in [1.165, 1.54) is 5.56 Å². The van der Waals surface area contributed by atoms with Crippen LogP contribution in [0.25, 0.3) is 0 Å². The third-order valence-electron chi connectivity index (χ3n) is 3.06. The van der Waals surface area contributed by atoms with Crippen LogP contribution < -0.4 is 14.8 Å². The first-order valence-corrected chi connectivity index (χ1v) is 6.37. The van der Waals surface area contributed by atoms with E-state index in [1.807, 2.05) is 18.2 Å². The van der Waals surface area contributed by atoms with Crippen molar-refractivity contribution in [2.75, 3.05) is 19.5 Å². The third kappa shape index (κ3) is 3.22. The van der Waals surface area contributed by atoms with Crippen molar-refractivity contribution < 1.29 is 9.47 Å². The highest BCUT2D eigenvalue weighted by molar-refractivity contribution is 5.54. The average Bonchev–Trinajstić information content (AvgIpc) is 2.92. The number of aryl methyl sites for hydroxylation is 1. The molecule has 0 saturated heterocycles.